The number of hydrogen-bond acceptors (Lipinski definition) is 2. The van der Waals surface area contributed by atoms with Gasteiger partial charge in [-0.05, 0) is 48.9 Å². The maximum Gasteiger partial charge on any atom is 0.138 e. The highest BCUT2D eigenvalue weighted by atomic mass is 19.1. The topological polar surface area (TPSA) is 37.5 Å². The summed E-state index contributed by atoms with van der Waals surface area (Å²) < 4.78 is 14.8. The fourth-order valence-electron chi connectivity index (χ4n) is 2.19. The molecule has 0 amide bonds. The van der Waals surface area contributed by atoms with Crippen molar-refractivity contribution in [3.05, 3.63) is 59.7 Å². The SMILES string of the molecule is Cc1ccn2c(CO)c(-c3ccc(F)cc3)nc2c1. The van der Waals surface area contributed by atoms with Crippen LogP contribution < -0.4 is 0 Å². The van der Waals surface area contributed by atoms with Crippen LogP contribution in [0.1, 0.15) is 11.3 Å². The third-order valence-corrected chi connectivity index (χ3v) is 3.15. The Morgan fingerprint density at radius 3 is 2.63 bits per heavy atom. The minimum atomic E-state index is -0.283. The summed E-state index contributed by atoms with van der Waals surface area (Å²) in [4.78, 5) is 4.52. The number of halogens is 1. The Morgan fingerprint density at radius 2 is 1.95 bits per heavy atom. The van der Waals surface area contributed by atoms with Crippen molar-refractivity contribution in [3.8, 4) is 11.3 Å². The van der Waals surface area contributed by atoms with Gasteiger partial charge in [-0.1, -0.05) is 0 Å². The first-order valence-corrected chi connectivity index (χ1v) is 6.03. The van der Waals surface area contributed by atoms with E-state index in [0.717, 1.165) is 16.8 Å². The molecular weight excluding hydrogens is 243 g/mol. The van der Waals surface area contributed by atoms with Crippen molar-refractivity contribution in [2.24, 2.45) is 0 Å². The van der Waals surface area contributed by atoms with Crippen molar-refractivity contribution in [2.75, 3.05) is 0 Å². The Kier molecular flexibility index (Phi) is 2.80. The van der Waals surface area contributed by atoms with Crippen LogP contribution >= 0.6 is 0 Å². The second kappa shape index (κ2) is 4.48. The summed E-state index contributed by atoms with van der Waals surface area (Å²) in [6, 6.07) is 10.0. The Bertz CT molecular complexity index is 732. The van der Waals surface area contributed by atoms with Crippen LogP contribution in [0, 0.1) is 12.7 Å². The Labute approximate surface area is 110 Å². The molecule has 0 fully saturated rings. The van der Waals surface area contributed by atoms with Crippen molar-refractivity contribution < 1.29 is 9.50 Å². The zero-order chi connectivity index (χ0) is 13.4. The lowest BCUT2D eigenvalue weighted by atomic mass is 10.1. The number of fused-ring (bicyclic) bond motifs is 1. The predicted octanol–water partition coefficient (Wildman–Crippen LogP) is 2.94. The standard InChI is InChI=1S/C15H13FN2O/c1-10-6-7-18-13(9-19)15(17-14(18)8-10)11-2-4-12(16)5-3-11/h2-8,19H,9H2,1H3. The van der Waals surface area contributed by atoms with Gasteiger partial charge in [0.05, 0.1) is 18.0 Å². The molecule has 0 unspecified atom stereocenters. The number of benzene rings is 1. The normalized spacial score (nSPS) is 11.1. The molecule has 3 nitrogen and oxygen atoms in total. The van der Waals surface area contributed by atoms with Crippen LogP contribution in [-0.2, 0) is 6.61 Å². The summed E-state index contributed by atoms with van der Waals surface area (Å²) in [5.41, 5.74) is 4.08. The number of aliphatic hydroxyl groups excluding tert-OH is 1. The molecular formula is C15H13FN2O. The highest BCUT2D eigenvalue weighted by molar-refractivity contribution is 5.66. The first kappa shape index (κ1) is 11.9. The zero-order valence-electron chi connectivity index (χ0n) is 10.5. The summed E-state index contributed by atoms with van der Waals surface area (Å²) >= 11 is 0. The Balaban J connectivity index is 2.25. The van der Waals surface area contributed by atoms with E-state index in [1.54, 1.807) is 12.1 Å². The third kappa shape index (κ3) is 2.00. The molecule has 1 N–H and O–H groups in total. The van der Waals surface area contributed by atoms with Gasteiger partial charge in [0, 0.05) is 11.8 Å². The minimum absolute atomic E-state index is 0.114. The van der Waals surface area contributed by atoms with E-state index < -0.39 is 0 Å². The predicted molar refractivity (Wildman–Crippen MR) is 71.2 cm³/mol. The summed E-state index contributed by atoms with van der Waals surface area (Å²) in [7, 11) is 0. The second-order valence-corrected chi connectivity index (χ2v) is 4.50. The van der Waals surface area contributed by atoms with Crippen LogP contribution in [0.5, 0.6) is 0 Å². The van der Waals surface area contributed by atoms with E-state index in [4.69, 9.17) is 0 Å². The average Bonchev–Trinajstić information content (AvgIpc) is 2.77. The smallest absolute Gasteiger partial charge is 0.138 e. The highest BCUT2D eigenvalue weighted by Crippen LogP contribution is 2.25. The molecule has 1 aromatic carbocycles. The lowest BCUT2D eigenvalue weighted by Gasteiger charge is -2.02. The van der Waals surface area contributed by atoms with Crippen LogP contribution in [0.2, 0.25) is 0 Å². The molecule has 0 radical (unpaired) electrons. The molecule has 0 atom stereocenters. The van der Waals surface area contributed by atoms with Crippen molar-refractivity contribution in [1.82, 2.24) is 9.38 Å². The van der Waals surface area contributed by atoms with Gasteiger partial charge in [-0.15, -0.1) is 0 Å². The fraction of sp³-hybridized carbons (Fsp3) is 0.133. The van der Waals surface area contributed by atoms with Gasteiger partial charge in [0.1, 0.15) is 11.5 Å². The van der Waals surface area contributed by atoms with E-state index in [9.17, 15) is 9.50 Å². The third-order valence-electron chi connectivity index (χ3n) is 3.15. The molecule has 0 bridgehead atoms. The monoisotopic (exact) mass is 256 g/mol. The molecule has 3 aromatic rings. The fourth-order valence-corrected chi connectivity index (χ4v) is 2.19. The van der Waals surface area contributed by atoms with Crippen LogP contribution in [0.3, 0.4) is 0 Å². The number of imidazole rings is 1. The van der Waals surface area contributed by atoms with Crippen LogP contribution in [0.4, 0.5) is 4.39 Å². The Hall–Kier alpha value is -2.20. The molecule has 96 valence electrons. The lowest BCUT2D eigenvalue weighted by molar-refractivity contribution is 0.276. The first-order valence-electron chi connectivity index (χ1n) is 6.03. The highest BCUT2D eigenvalue weighted by Gasteiger charge is 2.13. The molecule has 0 aliphatic rings. The first-order chi connectivity index (χ1) is 9.19. The van der Waals surface area contributed by atoms with Gasteiger partial charge in [0.25, 0.3) is 0 Å². The van der Waals surface area contributed by atoms with Crippen LogP contribution in [0.25, 0.3) is 16.9 Å². The van der Waals surface area contributed by atoms with E-state index in [1.807, 2.05) is 29.7 Å². The van der Waals surface area contributed by atoms with Crippen molar-refractivity contribution in [3.63, 3.8) is 0 Å². The van der Waals surface area contributed by atoms with Gasteiger partial charge in [-0.25, -0.2) is 9.37 Å². The molecule has 0 spiro atoms. The maximum absolute atomic E-state index is 13.0. The minimum Gasteiger partial charge on any atom is -0.390 e. The molecule has 4 heteroatoms. The van der Waals surface area contributed by atoms with E-state index >= 15 is 0 Å². The second-order valence-electron chi connectivity index (χ2n) is 4.50. The number of nitrogens with zero attached hydrogens (tertiary/aromatic N) is 2. The number of aromatic nitrogens is 2. The molecule has 0 saturated carbocycles. The number of hydrogen-bond donors (Lipinski definition) is 1. The maximum atomic E-state index is 13.0. The van der Waals surface area contributed by atoms with Crippen molar-refractivity contribution in [2.45, 2.75) is 13.5 Å². The molecule has 0 saturated heterocycles. The van der Waals surface area contributed by atoms with Gasteiger partial charge in [0.15, 0.2) is 0 Å². The zero-order valence-corrected chi connectivity index (χ0v) is 10.5. The van der Waals surface area contributed by atoms with Crippen LogP contribution in [0.15, 0.2) is 42.6 Å². The molecule has 3 rings (SSSR count). The van der Waals surface area contributed by atoms with Gasteiger partial charge in [-0.2, -0.15) is 0 Å². The van der Waals surface area contributed by atoms with Crippen molar-refractivity contribution >= 4 is 5.65 Å². The lowest BCUT2D eigenvalue weighted by Crippen LogP contribution is -1.94. The van der Waals surface area contributed by atoms with Crippen molar-refractivity contribution in [1.29, 1.82) is 0 Å². The largest absolute Gasteiger partial charge is 0.390 e. The summed E-state index contributed by atoms with van der Waals surface area (Å²) in [5.74, 6) is -0.283. The number of aryl methyl sites for hydroxylation is 1. The number of pyridine rings is 1. The summed E-state index contributed by atoms with van der Waals surface area (Å²) in [6.07, 6.45) is 1.89. The molecule has 19 heavy (non-hydrogen) atoms. The average molecular weight is 256 g/mol. The van der Waals surface area contributed by atoms with Gasteiger partial charge >= 0.3 is 0 Å². The molecule has 2 heterocycles. The van der Waals surface area contributed by atoms with Crippen LogP contribution in [-0.4, -0.2) is 14.5 Å². The number of rotatable bonds is 2. The molecule has 0 aliphatic heterocycles. The van der Waals surface area contributed by atoms with E-state index in [2.05, 4.69) is 4.98 Å². The number of aliphatic hydroxyl groups is 1. The molecule has 2 aromatic heterocycles. The van der Waals surface area contributed by atoms with E-state index in [1.165, 1.54) is 12.1 Å². The van der Waals surface area contributed by atoms with E-state index in [-0.39, 0.29) is 12.4 Å². The Morgan fingerprint density at radius 1 is 1.21 bits per heavy atom. The van der Waals surface area contributed by atoms with Gasteiger partial charge in [-0.3, -0.25) is 0 Å². The molecule has 0 aliphatic carbocycles. The summed E-state index contributed by atoms with van der Waals surface area (Å²) in [5, 5.41) is 9.56. The van der Waals surface area contributed by atoms with Gasteiger partial charge in [0.2, 0.25) is 0 Å². The summed E-state index contributed by atoms with van der Waals surface area (Å²) in [6.45, 7) is 1.88. The van der Waals surface area contributed by atoms with Gasteiger partial charge < -0.3 is 9.51 Å². The quantitative estimate of drug-likeness (QED) is 0.765. The van der Waals surface area contributed by atoms with E-state index in [0.29, 0.717) is 11.4 Å².